The topological polar surface area (TPSA) is 65.0 Å². The number of carbonyl (C=O) groups excluding carboxylic acids is 1. The molecule has 5 rings (SSSR count). The predicted molar refractivity (Wildman–Crippen MR) is 63.6 cm³/mol. The lowest BCUT2D eigenvalue weighted by Gasteiger charge is -2.60. The smallest absolute Gasteiger partial charge is 0.303 e. The Bertz CT molecular complexity index is 449. The first-order chi connectivity index (χ1) is 9.03. The second-order valence-corrected chi connectivity index (χ2v) is 6.19. The van der Waals surface area contributed by atoms with Crippen molar-refractivity contribution in [1.29, 1.82) is 0 Å². The molecule has 0 amide bonds. The quantitative estimate of drug-likeness (QED) is 0.592. The zero-order valence-electron chi connectivity index (χ0n) is 10.8. The average molecular weight is 266 g/mol. The van der Waals surface area contributed by atoms with E-state index in [4.69, 9.17) is 14.2 Å². The molecule has 5 heteroatoms. The first-order valence-electron chi connectivity index (χ1n) is 6.89. The van der Waals surface area contributed by atoms with Crippen molar-refractivity contribution in [3.8, 4) is 0 Å². The molecule has 19 heavy (non-hydrogen) atoms. The minimum Gasteiger partial charge on any atom is -0.459 e. The summed E-state index contributed by atoms with van der Waals surface area (Å²) in [6, 6.07) is 0. The summed E-state index contributed by atoms with van der Waals surface area (Å²) in [6.45, 7) is 5.29. The summed E-state index contributed by atoms with van der Waals surface area (Å²) < 4.78 is 17.0. The maximum atomic E-state index is 11.3. The van der Waals surface area contributed by atoms with Crippen LogP contribution in [-0.4, -0.2) is 35.4 Å². The molecule has 6 bridgehead atoms. The van der Waals surface area contributed by atoms with Gasteiger partial charge in [-0.2, -0.15) is 0 Å². The number of aliphatic hydroxyl groups is 1. The maximum Gasteiger partial charge on any atom is 0.303 e. The standard InChI is InChI=1S/C14H18O5/c1-3-7-4-8-10-11(7)14(16)5-9(18-13(8)19-14)12(10)17-6(2)15/h3,7-13,16H,1,4-5H2,2H3/t7-,8?,9?,10?,11?,12?,13?,14?/m1/s1. The van der Waals surface area contributed by atoms with Crippen LogP contribution in [-0.2, 0) is 19.0 Å². The molecule has 8 atom stereocenters. The fraction of sp³-hybridized carbons (Fsp3) is 0.786. The number of esters is 1. The highest BCUT2D eigenvalue weighted by atomic mass is 16.8. The maximum absolute atomic E-state index is 11.3. The van der Waals surface area contributed by atoms with Crippen molar-refractivity contribution in [3.63, 3.8) is 0 Å². The van der Waals surface area contributed by atoms with Crippen LogP contribution >= 0.6 is 0 Å². The van der Waals surface area contributed by atoms with E-state index in [1.807, 2.05) is 6.08 Å². The van der Waals surface area contributed by atoms with Crippen LogP contribution in [0.3, 0.4) is 0 Å². The zero-order chi connectivity index (χ0) is 13.4. The normalized spacial score (nSPS) is 57.3. The summed E-state index contributed by atoms with van der Waals surface area (Å²) in [6.07, 6.45) is 2.30. The summed E-state index contributed by atoms with van der Waals surface area (Å²) >= 11 is 0. The van der Waals surface area contributed by atoms with Crippen LogP contribution in [0.1, 0.15) is 19.8 Å². The van der Waals surface area contributed by atoms with E-state index in [-0.39, 0.29) is 48.1 Å². The molecule has 0 spiro atoms. The van der Waals surface area contributed by atoms with Gasteiger partial charge in [0.15, 0.2) is 12.1 Å². The van der Waals surface area contributed by atoms with Crippen molar-refractivity contribution in [2.24, 2.45) is 23.7 Å². The van der Waals surface area contributed by atoms with E-state index >= 15 is 0 Å². The average Bonchev–Trinajstić information content (AvgIpc) is 2.70. The van der Waals surface area contributed by atoms with Gasteiger partial charge in [-0.05, 0) is 12.3 Å². The van der Waals surface area contributed by atoms with Gasteiger partial charge in [-0.3, -0.25) is 4.79 Å². The van der Waals surface area contributed by atoms with Crippen molar-refractivity contribution in [2.75, 3.05) is 0 Å². The number of allylic oxidation sites excluding steroid dienone is 1. The minimum atomic E-state index is -1.14. The van der Waals surface area contributed by atoms with Gasteiger partial charge in [-0.25, -0.2) is 0 Å². The van der Waals surface area contributed by atoms with E-state index in [2.05, 4.69) is 6.58 Å². The Kier molecular flexibility index (Phi) is 2.25. The summed E-state index contributed by atoms with van der Waals surface area (Å²) in [5.74, 6) is -0.942. The molecule has 7 unspecified atom stereocenters. The van der Waals surface area contributed by atoms with Crippen molar-refractivity contribution < 1.29 is 24.1 Å². The summed E-state index contributed by atoms with van der Waals surface area (Å²) in [7, 11) is 0. The van der Waals surface area contributed by atoms with Crippen LogP contribution in [0.2, 0.25) is 0 Å². The molecule has 5 nitrogen and oxygen atoms in total. The highest BCUT2D eigenvalue weighted by Gasteiger charge is 2.71. The molecule has 104 valence electrons. The predicted octanol–water partition coefficient (Wildman–Crippen LogP) is 0.820. The van der Waals surface area contributed by atoms with Gasteiger partial charge in [0, 0.05) is 31.1 Å². The van der Waals surface area contributed by atoms with Crippen LogP contribution in [0.15, 0.2) is 12.7 Å². The Morgan fingerprint density at radius 2 is 2.37 bits per heavy atom. The molecule has 0 radical (unpaired) electrons. The Balaban J connectivity index is 1.76. The molecule has 3 heterocycles. The Hall–Kier alpha value is -0.910. The van der Waals surface area contributed by atoms with E-state index in [0.717, 1.165) is 6.42 Å². The number of hydrogen-bond donors (Lipinski definition) is 1. The van der Waals surface area contributed by atoms with Gasteiger partial charge in [0.05, 0.1) is 0 Å². The Morgan fingerprint density at radius 3 is 3.05 bits per heavy atom. The van der Waals surface area contributed by atoms with Crippen molar-refractivity contribution in [1.82, 2.24) is 0 Å². The SMILES string of the molecule is C=C[C@@H]1CC2C3OC4CC(O)(O3)C1C2C4OC(C)=O. The van der Waals surface area contributed by atoms with E-state index in [0.29, 0.717) is 6.42 Å². The molecule has 0 aromatic heterocycles. The molecule has 2 saturated carbocycles. The van der Waals surface area contributed by atoms with Gasteiger partial charge in [0.25, 0.3) is 0 Å². The molecule has 3 aliphatic heterocycles. The third-order valence-corrected chi connectivity index (χ3v) is 5.26. The van der Waals surface area contributed by atoms with E-state index in [1.54, 1.807) is 0 Å². The molecule has 1 N–H and O–H groups in total. The summed E-state index contributed by atoms with van der Waals surface area (Å²) in [5, 5.41) is 10.8. The zero-order valence-corrected chi connectivity index (χ0v) is 10.8. The molecular weight excluding hydrogens is 248 g/mol. The van der Waals surface area contributed by atoms with E-state index in [1.165, 1.54) is 6.92 Å². The minimum absolute atomic E-state index is 0.0317. The van der Waals surface area contributed by atoms with Gasteiger partial charge >= 0.3 is 5.97 Å². The molecular formula is C14H18O5. The second kappa shape index (κ2) is 3.59. The summed E-state index contributed by atoms with van der Waals surface area (Å²) in [5.41, 5.74) is 0. The van der Waals surface area contributed by atoms with Gasteiger partial charge in [-0.1, -0.05) is 6.08 Å². The number of carbonyl (C=O) groups is 1. The highest BCUT2D eigenvalue weighted by molar-refractivity contribution is 5.66. The molecule has 5 fully saturated rings. The Morgan fingerprint density at radius 1 is 1.58 bits per heavy atom. The van der Waals surface area contributed by atoms with Gasteiger partial charge in [-0.15, -0.1) is 6.58 Å². The van der Waals surface area contributed by atoms with Gasteiger partial charge < -0.3 is 19.3 Å². The second-order valence-electron chi connectivity index (χ2n) is 6.19. The molecule has 2 aliphatic carbocycles. The van der Waals surface area contributed by atoms with Gasteiger partial charge in [0.1, 0.15) is 12.2 Å². The fourth-order valence-electron chi connectivity index (χ4n) is 4.76. The molecule has 0 aromatic carbocycles. The lowest BCUT2D eigenvalue weighted by Crippen LogP contribution is -2.70. The largest absolute Gasteiger partial charge is 0.459 e. The van der Waals surface area contributed by atoms with Gasteiger partial charge in [0.2, 0.25) is 0 Å². The first kappa shape index (κ1) is 11.9. The monoisotopic (exact) mass is 266 g/mol. The lowest BCUT2D eigenvalue weighted by molar-refractivity contribution is -0.445. The highest BCUT2D eigenvalue weighted by Crippen LogP contribution is 2.63. The summed E-state index contributed by atoms with van der Waals surface area (Å²) in [4.78, 5) is 11.3. The van der Waals surface area contributed by atoms with E-state index < -0.39 is 5.79 Å². The van der Waals surface area contributed by atoms with Crippen LogP contribution in [0, 0.1) is 23.7 Å². The van der Waals surface area contributed by atoms with E-state index in [9.17, 15) is 9.90 Å². The number of rotatable bonds is 2. The molecule has 5 aliphatic rings. The number of ether oxygens (including phenoxy) is 3. The fourth-order valence-corrected chi connectivity index (χ4v) is 4.76. The molecule has 3 saturated heterocycles. The number of hydrogen-bond acceptors (Lipinski definition) is 5. The third-order valence-electron chi connectivity index (χ3n) is 5.26. The lowest BCUT2D eigenvalue weighted by atomic mass is 9.65. The Labute approximate surface area is 111 Å². The van der Waals surface area contributed by atoms with Crippen LogP contribution in [0.25, 0.3) is 0 Å². The van der Waals surface area contributed by atoms with Crippen LogP contribution in [0.5, 0.6) is 0 Å². The third kappa shape index (κ3) is 1.38. The molecule has 0 aromatic rings. The van der Waals surface area contributed by atoms with Crippen LogP contribution in [0.4, 0.5) is 0 Å². The van der Waals surface area contributed by atoms with Crippen molar-refractivity contribution >= 4 is 5.97 Å². The first-order valence-corrected chi connectivity index (χ1v) is 6.89. The van der Waals surface area contributed by atoms with Crippen molar-refractivity contribution in [2.45, 2.75) is 44.1 Å². The van der Waals surface area contributed by atoms with Crippen LogP contribution < -0.4 is 0 Å². The van der Waals surface area contributed by atoms with Crippen molar-refractivity contribution in [3.05, 3.63) is 12.7 Å².